The summed E-state index contributed by atoms with van der Waals surface area (Å²) < 4.78 is 1.64. The number of aryl methyl sites for hydroxylation is 1. The molecule has 1 aromatic heterocycles. The summed E-state index contributed by atoms with van der Waals surface area (Å²) in [5.74, 6) is -0.0392. The average molecular weight is 213 g/mol. The fraction of sp³-hybridized carbons (Fsp3) is 0.750. The van der Waals surface area contributed by atoms with E-state index in [9.17, 15) is 4.79 Å². The summed E-state index contributed by atoms with van der Waals surface area (Å²) in [6, 6.07) is 0. The number of carbonyl (C=O) groups is 1. The lowest BCUT2D eigenvalue weighted by Crippen LogP contribution is -2.16. The van der Waals surface area contributed by atoms with E-state index in [-0.39, 0.29) is 6.42 Å². The highest BCUT2D eigenvalue weighted by Crippen LogP contribution is 1.99. The molecule has 0 fully saturated rings. The molecule has 1 aromatic rings. The molecule has 84 valence electrons. The first-order chi connectivity index (χ1) is 7.09. The number of aliphatic carboxylic acids is 1. The Bertz CT molecular complexity index is 323. The number of hydrogen-bond acceptors (Lipinski definition) is 5. The standard InChI is InChI=1S/C8H15N5O2/c1-12(2)6-7-9-10-11-13(7)5-3-4-8(14)15/h3-6H2,1-2H3,(H,14,15). The predicted molar refractivity (Wildman–Crippen MR) is 52.1 cm³/mol. The van der Waals surface area contributed by atoms with Crippen molar-refractivity contribution < 1.29 is 9.90 Å². The largest absolute Gasteiger partial charge is 0.481 e. The third kappa shape index (κ3) is 4.03. The van der Waals surface area contributed by atoms with Crippen molar-refractivity contribution in [1.82, 2.24) is 25.1 Å². The van der Waals surface area contributed by atoms with Crippen LogP contribution in [0.2, 0.25) is 0 Å². The summed E-state index contributed by atoms with van der Waals surface area (Å²) in [5, 5.41) is 19.7. The van der Waals surface area contributed by atoms with Gasteiger partial charge in [-0.25, -0.2) is 4.68 Å². The maximum atomic E-state index is 10.3. The van der Waals surface area contributed by atoms with E-state index in [1.165, 1.54) is 0 Å². The molecule has 0 spiro atoms. The van der Waals surface area contributed by atoms with Crippen molar-refractivity contribution >= 4 is 5.97 Å². The zero-order valence-electron chi connectivity index (χ0n) is 8.92. The lowest BCUT2D eigenvalue weighted by molar-refractivity contribution is -0.137. The maximum Gasteiger partial charge on any atom is 0.303 e. The van der Waals surface area contributed by atoms with E-state index in [2.05, 4.69) is 15.5 Å². The van der Waals surface area contributed by atoms with Crippen molar-refractivity contribution in [2.75, 3.05) is 14.1 Å². The molecule has 1 heterocycles. The number of aromatic nitrogens is 4. The summed E-state index contributed by atoms with van der Waals surface area (Å²) in [7, 11) is 3.85. The average Bonchev–Trinajstić information content (AvgIpc) is 2.51. The number of hydrogen-bond donors (Lipinski definition) is 1. The van der Waals surface area contributed by atoms with E-state index in [4.69, 9.17) is 5.11 Å². The molecule has 0 bridgehead atoms. The second kappa shape index (κ2) is 5.40. The zero-order valence-corrected chi connectivity index (χ0v) is 8.92. The molecule has 0 aromatic carbocycles. The van der Waals surface area contributed by atoms with E-state index in [0.29, 0.717) is 19.5 Å². The van der Waals surface area contributed by atoms with E-state index >= 15 is 0 Å². The Morgan fingerprint density at radius 3 is 2.87 bits per heavy atom. The Balaban J connectivity index is 2.46. The molecule has 0 unspecified atom stereocenters. The van der Waals surface area contributed by atoms with Crippen molar-refractivity contribution in [3.8, 4) is 0 Å². The van der Waals surface area contributed by atoms with Gasteiger partial charge in [0.2, 0.25) is 0 Å². The van der Waals surface area contributed by atoms with Crippen LogP contribution in [-0.2, 0) is 17.9 Å². The van der Waals surface area contributed by atoms with E-state index in [1.807, 2.05) is 19.0 Å². The lowest BCUT2D eigenvalue weighted by Gasteiger charge is -2.08. The molecule has 0 saturated carbocycles. The first-order valence-corrected chi connectivity index (χ1v) is 4.71. The maximum absolute atomic E-state index is 10.3. The van der Waals surface area contributed by atoms with Crippen molar-refractivity contribution in [1.29, 1.82) is 0 Å². The molecule has 1 rings (SSSR count). The summed E-state index contributed by atoms with van der Waals surface area (Å²) >= 11 is 0. The van der Waals surface area contributed by atoms with Gasteiger partial charge in [0, 0.05) is 13.0 Å². The Kier molecular flexibility index (Phi) is 4.17. The summed E-state index contributed by atoms with van der Waals surface area (Å²) in [6.07, 6.45) is 0.683. The molecule has 0 radical (unpaired) electrons. The molecule has 15 heavy (non-hydrogen) atoms. The molecule has 0 aliphatic rings. The van der Waals surface area contributed by atoms with Crippen LogP contribution in [0.25, 0.3) is 0 Å². The molecule has 0 amide bonds. The second-order valence-electron chi connectivity index (χ2n) is 3.55. The Hall–Kier alpha value is -1.50. The zero-order chi connectivity index (χ0) is 11.3. The Morgan fingerprint density at radius 1 is 1.53 bits per heavy atom. The molecule has 7 nitrogen and oxygen atoms in total. The van der Waals surface area contributed by atoms with Gasteiger partial charge in [0.1, 0.15) is 0 Å². The van der Waals surface area contributed by atoms with Crippen LogP contribution in [0.15, 0.2) is 0 Å². The van der Waals surface area contributed by atoms with Crippen molar-refractivity contribution in [2.24, 2.45) is 0 Å². The third-order valence-corrected chi connectivity index (χ3v) is 1.82. The van der Waals surface area contributed by atoms with Crippen LogP contribution < -0.4 is 0 Å². The molecular weight excluding hydrogens is 198 g/mol. The topological polar surface area (TPSA) is 84.1 Å². The van der Waals surface area contributed by atoms with Gasteiger partial charge < -0.3 is 10.0 Å². The fourth-order valence-corrected chi connectivity index (χ4v) is 1.17. The van der Waals surface area contributed by atoms with E-state index in [0.717, 1.165) is 5.82 Å². The molecule has 1 N–H and O–H groups in total. The minimum atomic E-state index is -0.794. The smallest absolute Gasteiger partial charge is 0.303 e. The van der Waals surface area contributed by atoms with Gasteiger partial charge in [-0.15, -0.1) is 5.10 Å². The number of tetrazole rings is 1. The highest BCUT2D eigenvalue weighted by molar-refractivity contribution is 5.66. The SMILES string of the molecule is CN(C)Cc1nnnn1CCCC(=O)O. The molecule has 0 aliphatic carbocycles. The molecule has 7 heteroatoms. The van der Waals surface area contributed by atoms with Gasteiger partial charge >= 0.3 is 5.97 Å². The van der Waals surface area contributed by atoms with Crippen LogP contribution >= 0.6 is 0 Å². The monoisotopic (exact) mass is 213 g/mol. The molecule has 0 atom stereocenters. The van der Waals surface area contributed by atoms with E-state index in [1.54, 1.807) is 4.68 Å². The van der Waals surface area contributed by atoms with Crippen LogP contribution in [-0.4, -0.2) is 50.3 Å². The van der Waals surface area contributed by atoms with Crippen LogP contribution in [0, 0.1) is 0 Å². The Labute approximate surface area is 87.7 Å². The summed E-state index contributed by atoms with van der Waals surface area (Å²) in [5.41, 5.74) is 0. The predicted octanol–water partition coefficient (Wildman–Crippen LogP) is -0.400. The van der Waals surface area contributed by atoms with Crippen LogP contribution in [0.5, 0.6) is 0 Å². The fourth-order valence-electron chi connectivity index (χ4n) is 1.17. The summed E-state index contributed by atoms with van der Waals surface area (Å²) in [4.78, 5) is 12.3. The number of carboxylic acids is 1. The Morgan fingerprint density at radius 2 is 2.27 bits per heavy atom. The third-order valence-electron chi connectivity index (χ3n) is 1.82. The molecule has 0 saturated heterocycles. The highest BCUT2D eigenvalue weighted by Gasteiger charge is 2.07. The van der Waals surface area contributed by atoms with Gasteiger partial charge in [0.15, 0.2) is 5.82 Å². The van der Waals surface area contributed by atoms with Crippen molar-refractivity contribution in [3.05, 3.63) is 5.82 Å². The summed E-state index contributed by atoms with van der Waals surface area (Å²) in [6.45, 7) is 1.20. The normalized spacial score (nSPS) is 10.9. The van der Waals surface area contributed by atoms with Crippen LogP contribution in [0.4, 0.5) is 0 Å². The lowest BCUT2D eigenvalue weighted by atomic mass is 10.3. The number of nitrogens with zero attached hydrogens (tertiary/aromatic N) is 5. The first kappa shape index (κ1) is 11.6. The van der Waals surface area contributed by atoms with Crippen LogP contribution in [0.1, 0.15) is 18.7 Å². The van der Waals surface area contributed by atoms with E-state index < -0.39 is 5.97 Å². The van der Waals surface area contributed by atoms with Gasteiger partial charge in [0.05, 0.1) is 6.54 Å². The first-order valence-electron chi connectivity index (χ1n) is 4.71. The second-order valence-corrected chi connectivity index (χ2v) is 3.55. The van der Waals surface area contributed by atoms with Gasteiger partial charge in [0.25, 0.3) is 0 Å². The highest BCUT2D eigenvalue weighted by atomic mass is 16.4. The van der Waals surface area contributed by atoms with Gasteiger partial charge in [-0.3, -0.25) is 4.79 Å². The molecule has 0 aliphatic heterocycles. The van der Waals surface area contributed by atoms with Crippen molar-refractivity contribution in [2.45, 2.75) is 25.9 Å². The van der Waals surface area contributed by atoms with Gasteiger partial charge in [-0.2, -0.15) is 0 Å². The number of carboxylic acid groups (broad SMARTS) is 1. The minimum Gasteiger partial charge on any atom is -0.481 e. The quantitative estimate of drug-likeness (QED) is 0.692. The number of rotatable bonds is 6. The minimum absolute atomic E-state index is 0.140. The van der Waals surface area contributed by atoms with Gasteiger partial charge in [-0.05, 0) is 30.9 Å². The molecular formula is C8H15N5O2. The van der Waals surface area contributed by atoms with Crippen LogP contribution in [0.3, 0.4) is 0 Å². The van der Waals surface area contributed by atoms with Gasteiger partial charge in [-0.1, -0.05) is 0 Å². The van der Waals surface area contributed by atoms with Crippen molar-refractivity contribution in [3.63, 3.8) is 0 Å².